The Morgan fingerprint density at radius 1 is 1.08 bits per heavy atom. The number of hydrogen-bond donors (Lipinski definition) is 1. The molecule has 3 aromatic rings. The van der Waals surface area contributed by atoms with Crippen LogP contribution in [0.15, 0.2) is 47.0 Å². The number of fused-ring (bicyclic) bond motifs is 1. The van der Waals surface area contributed by atoms with Crippen LogP contribution in [0, 0.1) is 0 Å². The lowest BCUT2D eigenvalue weighted by atomic mass is 10.1. The summed E-state index contributed by atoms with van der Waals surface area (Å²) in [6.45, 7) is 1.75. The van der Waals surface area contributed by atoms with Crippen LogP contribution >= 0.6 is 23.2 Å². The molecule has 1 atom stereocenters. The van der Waals surface area contributed by atoms with Crippen molar-refractivity contribution in [3.8, 4) is 22.8 Å². The molecule has 0 radical (unpaired) electrons. The van der Waals surface area contributed by atoms with E-state index < -0.39 is 0 Å². The minimum absolute atomic E-state index is 0.0854. The first kappa shape index (κ1) is 25.4. The third-order valence-electron chi connectivity index (χ3n) is 6.20. The van der Waals surface area contributed by atoms with E-state index in [1.165, 1.54) is 0 Å². The summed E-state index contributed by atoms with van der Waals surface area (Å²) in [5.74, 6) is 1.17. The van der Waals surface area contributed by atoms with Gasteiger partial charge in [0.25, 0.3) is 5.91 Å². The maximum atomic E-state index is 13.4. The molecule has 5 rings (SSSR count). The topological polar surface area (TPSA) is 103 Å². The molecular formula is C26H25Cl2N3O6. The predicted molar refractivity (Wildman–Crippen MR) is 136 cm³/mol. The van der Waals surface area contributed by atoms with E-state index in [1.807, 2.05) is 18.2 Å². The van der Waals surface area contributed by atoms with Gasteiger partial charge in [0.1, 0.15) is 0 Å². The van der Waals surface area contributed by atoms with Crippen LogP contribution in [0.3, 0.4) is 0 Å². The second-order valence-corrected chi connectivity index (χ2v) is 9.64. The van der Waals surface area contributed by atoms with Crippen molar-refractivity contribution in [1.82, 2.24) is 15.4 Å². The number of nitrogens with one attached hydrogen (secondary N) is 1. The summed E-state index contributed by atoms with van der Waals surface area (Å²) in [6.07, 6.45) is 1.82. The molecule has 0 bridgehead atoms. The molecule has 0 saturated carbocycles. The van der Waals surface area contributed by atoms with Crippen LogP contribution in [0.2, 0.25) is 10.0 Å². The summed E-state index contributed by atoms with van der Waals surface area (Å²) in [5, 5.41) is 7.73. The number of carbonyl (C=O) groups is 2. The highest BCUT2D eigenvalue weighted by Gasteiger charge is 2.26. The molecule has 2 aromatic carbocycles. The van der Waals surface area contributed by atoms with Gasteiger partial charge in [0.15, 0.2) is 23.0 Å². The number of ether oxygens (including phenoxy) is 3. The minimum atomic E-state index is -0.348. The van der Waals surface area contributed by atoms with Gasteiger partial charge in [-0.2, -0.15) is 0 Å². The molecule has 1 N–H and O–H groups in total. The third-order valence-corrected chi connectivity index (χ3v) is 6.74. The van der Waals surface area contributed by atoms with Crippen LogP contribution < -0.4 is 14.8 Å². The van der Waals surface area contributed by atoms with Crippen molar-refractivity contribution in [2.75, 3.05) is 26.5 Å². The molecule has 0 unspecified atom stereocenters. The smallest absolute Gasteiger partial charge is 0.276 e. The van der Waals surface area contributed by atoms with Crippen LogP contribution in [0.4, 0.5) is 0 Å². The summed E-state index contributed by atoms with van der Waals surface area (Å²) >= 11 is 12.2. The zero-order valence-electron chi connectivity index (χ0n) is 19.9. The summed E-state index contributed by atoms with van der Waals surface area (Å²) in [6, 6.07) is 12.0. The van der Waals surface area contributed by atoms with E-state index in [0.29, 0.717) is 52.6 Å². The van der Waals surface area contributed by atoms with Gasteiger partial charge < -0.3 is 29.0 Å². The average Bonchev–Trinajstić information content (AvgIpc) is 3.66. The molecule has 194 valence electrons. The molecule has 2 aliphatic rings. The number of aromatic nitrogens is 1. The number of carbonyl (C=O) groups excluding carboxylic acids is 2. The van der Waals surface area contributed by atoms with Crippen molar-refractivity contribution >= 4 is 35.0 Å². The van der Waals surface area contributed by atoms with Crippen molar-refractivity contribution in [2.45, 2.75) is 31.9 Å². The first-order chi connectivity index (χ1) is 18.0. The Balaban J connectivity index is 1.22. The van der Waals surface area contributed by atoms with E-state index >= 15 is 0 Å². The minimum Gasteiger partial charge on any atom is -0.454 e. The number of amides is 2. The Morgan fingerprint density at radius 2 is 1.95 bits per heavy atom. The van der Waals surface area contributed by atoms with Gasteiger partial charge >= 0.3 is 0 Å². The molecule has 1 fully saturated rings. The Bertz CT molecular complexity index is 1290. The number of halogens is 2. The van der Waals surface area contributed by atoms with Crippen LogP contribution in [0.5, 0.6) is 11.5 Å². The van der Waals surface area contributed by atoms with E-state index in [4.69, 9.17) is 41.9 Å². The molecule has 9 nitrogen and oxygen atoms in total. The molecule has 1 saturated heterocycles. The summed E-state index contributed by atoms with van der Waals surface area (Å²) in [7, 11) is 0. The van der Waals surface area contributed by atoms with E-state index in [9.17, 15) is 9.59 Å². The standard InChI is InChI=1S/C26H25Cl2N3O6/c27-17-4-5-19(20(28)11-17)23-12-21(30-37-23)26(33)31(14-18-2-1-9-34-18)8-7-25(32)29-13-16-3-6-22-24(10-16)36-15-35-22/h3-6,10-12,18H,1-2,7-9,13-15H2,(H,29,32)/t18-/m1/s1. The van der Waals surface area contributed by atoms with Crippen LogP contribution in [-0.2, 0) is 16.1 Å². The van der Waals surface area contributed by atoms with Gasteiger partial charge in [-0.3, -0.25) is 9.59 Å². The first-order valence-electron chi connectivity index (χ1n) is 11.9. The lowest BCUT2D eigenvalue weighted by Crippen LogP contribution is -2.40. The second kappa shape index (κ2) is 11.4. The Hall–Kier alpha value is -3.27. The predicted octanol–water partition coefficient (Wildman–Crippen LogP) is 4.70. The SMILES string of the molecule is O=C(CCN(C[C@H]1CCCO1)C(=O)c1cc(-c2ccc(Cl)cc2Cl)on1)NCc1ccc2c(c1)OCO2. The fourth-order valence-corrected chi connectivity index (χ4v) is 4.74. The molecule has 11 heteroatoms. The van der Waals surface area contributed by atoms with Gasteiger partial charge in [-0.25, -0.2) is 0 Å². The normalized spacial score (nSPS) is 16.1. The van der Waals surface area contributed by atoms with E-state index in [0.717, 1.165) is 18.4 Å². The molecule has 2 amide bonds. The van der Waals surface area contributed by atoms with Gasteiger partial charge in [-0.1, -0.05) is 34.4 Å². The molecule has 3 heterocycles. The van der Waals surface area contributed by atoms with Crippen LogP contribution in [0.25, 0.3) is 11.3 Å². The van der Waals surface area contributed by atoms with Gasteiger partial charge in [-0.15, -0.1) is 0 Å². The van der Waals surface area contributed by atoms with Gasteiger partial charge in [0.2, 0.25) is 12.7 Å². The van der Waals surface area contributed by atoms with Crippen LogP contribution in [0.1, 0.15) is 35.3 Å². The maximum absolute atomic E-state index is 13.4. The quantitative estimate of drug-likeness (QED) is 0.415. The number of hydrogen-bond acceptors (Lipinski definition) is 7. The largest absolute Gasteiger partial charge is 0.454 e. The lowest BCUT2D eigenvalue weighted by molar-refractivity contribution is -0.121. The van der Waals surface area contributed by atoms with Crippen molar-refractivity contribution in [3.05, 3.63) is 63.8 Å². The van der Waals surface area contributed by atoms with E-state index in [1.54, 1.807) is 29.2 Å². The van der Waals surface area contributed by atoms with Crippen molar-refractivity contribution in [2.24, 2.45) is 0 Å². The monoisotopic (exact) mass is 545 g/mol. The third kappa shape index (κ3) is 6.18. The van der Waals surface area contributed by atoms with Gasteiger partial charge in [0, 0.05) is 49.3 Å². The first-order valence-corrected chi connectivity index (χ1v) is 12.7. The summed E-state index contributed by atoms with van der Waals surface area (Å²) < 4.78 is 21.8. The average molecular weight is 546 g/mol. The molecule has 2 aliphatic heterocycles. The van der Waals surface area contributed by atoms with Crippen molar-refractivity contribution < 1.29 is 28.3 Å². The van der Waals surface area contributed by atoms with Gasteiger partial charge in [-0.05, 0) is 48.7 Å². The van der Waals surface area contributed by atoms with Crippen LogP contribution in [-0.4, -0.2) is 54.5 Å². The second-order valence-electron chi connectivity index (χ2n) is 8.80. The highest BCUT2D eigenvalue weighted by Crippen LogP contribution is 2.33. The summed E-state index contributed by atoms with van der Waals surface area (Å²) in [4.78, 5) is 27.5. The molecule has 0 spiro atoms. The Kier molecular flexibility index (Phi) is 7.83. The molecule has 37 heavy (non-hydrogen) atoms. The zero-order chi connectivity index (χ0) is 25.8. The highest BCUT2D eigenvalue weighted by molar-refractivity contribution is 6.36. The highest BCUT2D eigenvalue weighted by atomic mass is 35.5. The molecular weight excluding hydrogens is 521 g/mol. The number of rotatable bonds is 9. The molecule has 0 aliphatic carbocycles. The summed E-state index contributed by atoms with van der Waals surface area (Å²) in [5.41, 5.74) is 1.59. The zero-order valence-corrected chi connectivity index (χ0v) is 21.4. The maximum Gasteiger partial charge on any atom is 0.276 e. The Labute approximate surface area is 223 Å². The number of benzene rings is 2. The van der Waals surface area contributed by atoms with Crippen molar-refractivity contribution in [1.29, 1.82) is 0 Å². The molecule has 1 aromatic heterocycles. The van der Waals surface area contributed by atoms with E-state index in [2.05, 4.69) is 10.5 Å². The fourth-order valence-electron chi connectivity index (χ4n) is 4.24. The lowest BCUT2D eigenvalue weighted by Gasteiger charge is -2.24. The van der Waals surface area contributed by atoms with Gasteiger partial charge in [0.05, 0.1) is 11.1 Å². The fraction of sp³-hybridized carbons (Fsp3) is 0.346. The van der Waals surface area contributed by atoms with E-state index in [-0.39, 0.29) is 43.4 Å². The van der Waals surface area contributed by atoms with Crippen molar-refractivity contribution in [3.63, 3.8) is 0 Å². The Morgan fingerprint density at radius 3 is 2.76 bits per heavy atom. The number of nitrogens with zero attached hydrogens (tertiary/aromatic N) is 2.